The van der Waals surface area contributed by atoms with E-state index in [2.05, 4.69) is 0 Å². The van der Waals surface area contributed by atoms with Crippen molar-refractivity contribution in [2.75, 3.05) is 6.54 Å². The molecule has 22 heavy (non-hydrogen) atoms. The molecule has 1 aromatic carbocycles. The molecule has 0 bridgehead atoms. The Labute approximate surface area is 142 Å². The van der Waals surface area contributed by atoms with Crippen LogP contribution < -0.4 is 4.74 Å². The van der Waals surface area contributed by atoms with Gasteiger partial charge in [0.05, 0.1) is 9.78 Å². The van der Waals surface area contributed by atoms with Crippen LogP contribution in [0, 0.1) is 0 Å². The second-order valence-corrected chi connectivity index (χ2v) is 7.11. The maximum atomic E-state index is 12.3. The number of hydrogen-bond donors (Lipinski definition) is 0. The number of ether oxygens (including phenoxy) is 1. The molecular weight excluding hydrogens is 334 g/mol. The first-order valence-electron chi connectivity index (χ1n) is 6.75. The number of carbonyl (C=O) groups is 1. The number of carbonyl (C=O) groups excluding carboxylic acids is 1. The van der Waals surface area contributed by atoms with E-state index in [0.717, 1.165) is 16.4 Å². The van der Waals surface area contributed by atoms with Gasteiger partial charge in [0.25, 0.3) is 5.91 Å². The molecule has 2 heterocycles. The van der Waals surface area contributed by atoms with Gasteiger partial charge in [0.2, 0.25) is 0 Å². The van der Waals surface area contributed by atoms with Crippen LogP contribution >= 0.6 is 35.3 Å². The highest BCUT2D eigenvalue weighted by Gasteiger charge is 2.30. The Morgan fingerprint density at radius 1 is 1.27 bits per heavy atom. The summed E-state index contributed by atoms with van der Waals surface area (Å²) in [5.74, 6) is 1.49. The topological polar surface area (TPSA) is 29.5 Å². The Hall–Kier alpha value is -1.63. The summed E-state index contributed by atoms with van der Waals surface area (Å²) in [6.07, 6.45) is 1.86. The van der Waals surface area contributed by atoms with Crippen LogP contribution in [0.15, 0.2) is 46.7 Å². The Bertz CT molecular complexity index is 737. The number of likely N-dealkylation sites (N-methyl/N-ethyl adjacent to an activating group) is 1. The first-order chi connectivity index (χ1) is 10.7. The molecule has 3 rings (SSSR count). The van der Waals surface area contributed by atoms with E-state index >= 15 is 0 Å². The third-order valence-corrected chi connectivity index (χ3v) is 5.30. The van der Waals surface area contributed by atoms with Crippen molar-refractivity contribution in [3.05, 3.63) is 51.6 Å². The van der Waals surface area contributed by atoms with Gasteiger partial charge in [0.15, 0.2) is 0 Å². The lowest BCUT2D eigenvalue weighted by molar-refractivity contribution is -0.121. The summed E-state index contributed by atoms with van der Waals surface area (Å²) < 4.78 is 6.49. The summed E-state index contributed by atoms with van der Waals surface area (Å²) in [5.41, 5.74) is 0. The van der Waals surface area contributed by atoms with Crippen molar-refractivity contribution in [1.29, 1.82) is 0 Å². The van der Waals surface area contributed by atoms with Crippen molar-refractivity contribution >= 4 is 51.6 Å². The number of para-hydroxylation sites is 1. The number of nitrogens with zero attached hydrogens (tertiary/aromatic N) is 1. The second kappa shape index (κ2) is 6.64. The minimum atomic E-state index is -0.0310. The average Bonchev–Trinajstić information content (AvgIpc) is 3.05. The fourth-order valence-electron chi connectivity index (χ4n) is 2.01. The standard InChI is InChI=1S/C16H13NO2S3/c1-2-17-15(18)14(22-16(17)20)10-13-12(8-9-21-13)19-11-6-4-3-5-7-11/h3-10H,2H2,1H3. The number of hydrogen-bond acceptors (Lipinski definition) is 5. The predicted octanol–water partition coefficient (Wildman–Crippen LogP) is 4.76. The molecule has 2 aromatic rings. The number of benzene rings is 1. The van der Waals surface area contributed by atoms with Crippen LogP contribution in [0.25, 0.3) is 6.08 Å². The predicted molar refractivity (Wildman–Crippen MR) is 96.4 cm³/mol. The Morgan fingerprint density at radius 3 is 2.73 bits per heavy atom. The van der Waals surface area contributed by atoms with Gasteiger partial charge >= 0.3 is 0 Å². The molecular formula is C16H13NO2S3. The summed E-state index contributed by atoms with van der Waals surface area (Å²) in [7, 11) is 0. The second-order valence-electron chi connectivity index (χ2n) is 4.49. The molecule has 0 N–H and O–H groups in total. The number of thioether (sulfide) groups is 1. The van der Waals surface area contributed by atoms with E-state index in [9.17, 15) is 4.79 Å². The highest BCUT2D eigenvalue weighted by molar-refractivity contribution is 8.26. The van der Waals surface area contributed by atoms with Crippen molar-refractivity contribution < 1.29 is 9.53 Å². The smallest absolute Gasteiger partial charge is 0.266 e. The highest BCUT2D eigenvalue weighted by Crippen LogP contribution is 2.37. The summed E-state index contributed by atoms with van der Waals surface area (Å²) in [6, 6.07) is 11.5. The van der Waals surface area contributed by atoms with Gasteiger partial charge in [0.1, 0.15) is 15.8 Å². The van der Waals surface area contributed by atoms with Crippen molar-refractivity contribution in [2.24, 2.45) is 0 Å². The molecule has 6 heteroatoms. The Kier molecular flexibility index (Phi) is 4.61. The van der Waals surface area contributed by atoms with Crippen molar-refractivity contribution in [3.63, 3.8) is 0 Å². The maximum absolute atomic E-state index is 12.3. The van der Waals surface area contributed by atoms with E-state index in [4.69, 9.17) is 17.0 Å². The molecule has 0 radical (unpaired) electrons. The first kappa shape index (κ1) is 15.3. The van der Waals surface area contributed by atoms with Crippen LogP contribution in [0.2, 0.25) is 0 Å². The monoisotopic (exact) mass is 347 g/mol. The zero-order valence-electron chi connectivity index (χ0n) is 11.8. The molecule has 0 unspecified atom stereocenters. The van der Waals surface area contributed by atoms with Gasteiger partial charge in [-0.2, -0.15) is 0 Å². The number of thiophene rings is 1. The van der Waals surface area contributed by atoms with E-state index in [1.54, 1.807) is 4.90 Å². The van der Waals surface area contributed by atoms with Crippen LogP contribution in [0.4, 0.5) is 0 Å². The molecule has 0 atom stereocenters. The van der Waals surface area contributed by atoms with Crippen molar-refractivity contribution in [2.45, 2.75) is 6.92 Å². The van der Waals surface area contributed by atoms with Gasteiger partial charge in [-0.05, 0) is 36.6 Å². The molecule has 3 nitrogen and oxygen atoms in total. The lowest BCUT2D eigenvalue weighted by atomic mass is 10.3. The molecule has 0 saturated carbocycles. The third-order valence-electron chi connectivity index (χ3n) is 3.08. The lowest BCUT2D eigenvalue weighted by Gasteiger charge is -2.09. The molecule has 1 aromatic heterocycles. The number of amides is 1. The zero-order valence-corrected chi connectivity index (χ0v) is 14.3. The molecule has 1 fully saturated rings. The van der Waals surface area contributed by atoms with Crippen molar-refractivity contribution in [3.8, 4) is 11.5 Å². The molecule has 112 valence electrons. The van der Waals surface area contributed by atoms with Crippen LogP contribution in [0.5, 0.6) is 11.5 Å². The van der Waals surface area contributed by atoms with Gasteiger partial charge < -0.3 is 4.74 Å². The number of rotatable bonds is 4. The molecule has 1 aliphatic heterocycles. The fourth-order valence-corrected chi connectivity index (χ4v) is 4.20. The molecule has 1 saturated heterocycles. The van der Waals surface area contributed by atoms with Gasteiger partial charge in [-0.3, -0.25) is 9.69 Å². The minimum Gasteiger partial charge on any atom is -0.456 e. The van der Waals surface area contributed by atoms with E-state index < -0.39 is 0 Å². The van der Waals surface area contributed by atoms with Crippen LogP contribution in [0.1, 0.15) is 11.8 Å². The summed E-state index contributed by atoms with van der Waals surface area (Å²) in [4.78, 5) is 15.4. The van der Waals surface area contributed by atoms with Crippen LogP contribution in [0.3, 0.4) is 0 Å². The fraction of sp³-hybridized carbons (Fsp3) is 0.125. The van der Waals surface area contributed by atoms with Crippen LogP contribution in [-0.2, 0) is 4.79 Å². The van der Waals surface area contributed by atoms with E-state index in [1.807, 2.05) is 54.8 Å². The maximum Gasteiger partial charge on any atom is 0.266 e. The lowest BCUT2D eigenvalue weighted by Crippen LogP contribution is -2.27. The summed E-state index contributed by atoms with van der Waals surface area (Å²) in [5, 5.41) is 1.95. The Balaban J connectivity index is 1.85. The minimum absolute atomic E-state index is 0.0310. The SMILES string of the molecule is CCN1C(=O)C(=Cc2sccc2Oc2ccccc2)SC1=S. The van der Waals surface area contributed by atoms with Crippen LogP contribution in [-0.4, -0.2) is 21.7 Å². The van der Waals surface area contributed by atoms with Gasteiger partial charge in [0, 0.05) is 6.54 Å². The van der Waals surface area contributed by atoms with E-state index in [1.165, 1.54) is 23.1 Å². The number of thiocarbonyl (C=S) groups is 1. The molecule has 0 aliphatic carbocycles. The van der Waals surface area contributed by atoms with Gasteiger partial charge in [-0.1, -0.05) is 42.2 Å². The largest absolute Gasteiger partial charge is 0.456 e. The quantitative estimate of drug-likeness (QED) is 0.589. The van der Waals surface area contributed by atoms with Crippen molar-refractivity contribution in [1.82, 2.24) is 4.90 Å². The third kappa shape index (κ3) is 3.09. The van der Waals surface area contributed by atoms with Gasteiger partial charge in [-0.15, -0.1) is 11.3 Å². The summed E-state index contributed by atoms with van der Waals surface area (Å²) in [6.45, 7) is 2.52. The average molecular weight is 347 g/mol. The molecule has 0 spiro atoms. The van der Waals surface area contributed by atoms with E-state index in [0.29, 0.717) is 15.8 Å². The molecule has 1 amide bonds. The highest BCUT2D eigenvalue weighted by atomic mass is 32.2. The Morgan fingerprint density at radius 2 is 2.05 bits per heavy atom. The van der Waals surface area contributed by atoms with E-state index in [-0.39, 0.29) is 5.91 Å². The normalized spacial score (nSPS) is 16.6. The molecule has 1 aliphatic rings. The summed E-state index contributed by atoms with van der Waals surface area (Å²) >= 11 is 8.11. The van der Waals surface area contributed by atoms with Gasteiger partial charge in [-0.25, -0.2) is 0 Å². The first-order valence-corrected chi connectivity index (χ1v) is 8.85. The zero-order chi connectivity index (χ0) is 15.5.